The molecule has 1 amide bonds. The summed E-state index contributed by atoms with van der Waals surface area (Å²) < 4.78 is 5.95. The monoisotopic (exact) mass is 474 g/mol. The topological polar surface area (TPSA) is 106 Å². The number of hydrogen-bond donors (Lipinski definition) is 4. The van der Waals surface area contributed by atoms with E-state index in [1.165, 1.54) is 38.6 Å². The first kappa shape index (κ1) is 24.6. The number of nitrogens with zero attached hydrogens (tertiary/aromatic N) is 2. The molecule has 4 fully saturated rings. The van der Waals surface area contributed by atoms with E-state index in [1.807, 2.05) is 4.90 Å². The Kier molecular flexibility index (Phi) is 9.07. The molecule has 7 atom stereocenters. The molecule has 1 aliphatic carbocycles. The van der Waals surface area contributed by atoms with Crippen LogP contribution in [0.2, 0.25) is 0 Å². The largest absolute Gasteiger partial charge is 0.388 e. The van der Waals surface area contributed by atoms with E-state index in [1.54, 1.807) is 0 Å². The molecular formula is C23H43ClN4O4+2. The number of amides is 1. The molecule has 4 aliphatic rings. The van der Waals surface area contributed by atoms with Gasteiger partial charge in [0.15, 0.2) is 0 Å². The van der Waals surface area contributed by atoms with Gasteiger partial charge in [-0.2, -0.15) is 0 Å². The van der Waals surface area contributed by atoms with Gasteiger partial charge in [-0.15, -0.1) is 11.6 Å². The zero-order valence-electron chi connectivity index (χ0n) is 19.3. The lowest BCUT2D eigenvalue weighted by Gasteiger charge is -2.39. The zero-order valence-corrected chi connectivity index (χ0v) is 20.0. The van der Waals surface area contributed by atoms with Gasteiger partial charge in [-0.3, -0.25) is 9.69 Å². The molecule has 184 valence electrons. The highest BCUT2D eigenvalue weighted by molar-refractivity contribution is 6.20. The molecule has 0 spiro atoms. The molecule has 8 nitrogen and oxygen atoms in total. The van der Waals surface area contributed by atoms with Crippen molar-refractivity contribution >= 4 is 17.5 Å². The van der Waals surface area contributed by atoms with Gasteiger partial charge in [0.1, 0.15) is 31.0 Å². The molecule has 9 heteroatoms. The smallest absolute Gasteiger partial charge is 0.225 e. The van der Waals surface area contributed by atoms with Crippen molar-refractivity contribution in [2.24, 2.45) is 5.92 Å². The second-order valence-corrected chi connectivity index (χ2v) is 10.9. The van der Waals surface area contributed by atoms with Crippen LogP contribution in [0.3, 0.4) is 0 Å². The lowest BCUT2D eigenvalue weighted by atomic mass is 9.89. The molecule has 32 heavy (non-hydrogen) atoms. The van der Waals surface area contributed by atoms with Crippen molar-refractivity contribution in [1.82, 2.24) is 9.80 Å². The molecule has 0 aromatic rings. The molecule has 3 unspecified atom stereocenters. The number of aliphatic hydroxyl groups is 2. The molecule has 0 aromatic heterocycles. The Hall–Kier alpha value is -0.480. The molecule has 3 saturated heterocycles. The molecule has 3 heterocycles. The number of quaternary nitrogens is 2. The molecule has 3 aliphatic heterocycles. The second kappa shape index (κ2) is 11.8. The van der Waals surface area contributed by atoms with Crippen LogP contribution in [0.5, 0.6) is 0 Å². The van der Waals surface area contributed by atoms with Crippen molar-refractivity contribution in [3.63, 3.8) is 0 Å². The summed E-state index contributed by atoms with van der Waals surface area (Å²) >= 11 is 6.29. The van der Waals surface area contributed by atoms with Crippen LogP contribution in [0.4, 0.5) is 0 Å². The van der Waals surface area contributed by atoms with Gasteiger partial charge in [0, 0.05) is 43.9 Å². The molecule has 0 bridgehead atoms. The lowest BCUT2D eigenvalue weighted by Crippen LogP contribution is -2.95. The van der Waals surface area contributed by atoms with E-state index >= 15 is 0 Å². The van der Waals surface area contributed by atoms with Gasteiger partial charge in [-0.05, 0) is 32.1 Å². The standard InChI is InChI=1S/C23H41ClN4O4/c24-17-5-3-4-16(12-17)14-25-15-19-23(31)22(30)18(32-19)13-21(29)28-10-8-27(9-11-28)20-6-1-2-7-26-20/h16-20,22-23,25-26,30-31H,1-15H2/p+2/t16?,17?,18-,19-,20?,22+,23-/m1/s1. The summed E-state index contributed by atoms with van der Waals surface area (Å²) in [5, 5.41) is 25.8. The van der Waals surface area contributed by atoms with Crippen molar-refractivity contribution in [1.29, 1.82) is 0 Å². The molecule has 1 saturated carbocycles. The lowest BCUT2D eigenvalue weighted by molar-refractivity contribution is -0.717. The third kappa shape index (κ3) is 6.34. The maximum atomic E-state index is 12.9. The quantitative estimate of drug-likeness (QED) is 0.334. The number of carbonyl (C=O) groups is 1. The summed E-state index contributed by atoms with van der Waals surface area (Å²) in [4.78, 5) is 17.2. The number of piperidine rings is 1. The Morgan fingerprint density at radius 3 is 2.50 bits per heavy atom. The van der Waals surface area contributed by atoms with Crippen LogP contribution in [0.1, 0.15) is 51.4 Å². The number of alkyl halides is 1. The second-order valence-electron chi connectivity index (χ2n) is 10.3. The third-order valence-electron chi connectivity index (χ3n) is 7.98. The highest BCUT2D eigenvalue weighted by atomic mass is 35.5. The fourth-order valence-corrected chi connectivity index (χ4v) is 6.39. The van der Waals surface area contributed by atoms with Crippen molar-refractivity contribution < 1.29 is 30.4 Å². The Morgan fingerprint density at radius 2 is 1.78 bits per heavy atom. The highest BCUT2D eigenvalue weighted by Crippen LogP contribution is 2.27. The number of hydrogen-bond acceptors (Lipinski definition) is 5. The number of nitrogens with two attached hydrogens (primary N) is 2. The maximum Gasteiger partial charge on any atom is 0.225 e. The van der Waals surface area contributed by atoms with Gasteiger partial charge in [-0.25, -0.2) is 0 Å². The van der Waals surface area contributed by atoms with Crippen molar-refractivity contribution in [3.05, 3.63) is 0 Å². The van der Waals surface area contributed by atoms with Crippen LogP contribution in [-0.4, -0.2) is 108 Å². The van der Waals surface area contributed by atoms with E-state index in [-0.39, 0.29) is 17.7 Å². The van der Waals surface area contributed by atoms with Gasteiger partial charge in [0.2, 0.25) is 5.91 Å². The summed E-state index contributed by atoms with van der Waals surface area (Å²) in [6.07, 6.45) is 6.11. The molecule has 0 radical (unpaired) electrons. The SMILES string of the molecule is O=C(C[C@H]1O[C@H](C[NH2+]CC2CCCC(Cl)C2)[C@@H](O)[C@H]1O)N1CCN(C2CCCC[NH2+]2)CC1. The minimum Gasteiger partial charge on any atom is -0.388 e. The summed E-state index contributed by atoms with van der Waals surface area (Å²) in [5.74, 6) is 0.630. The Morgan fingerprint density at radius 1 is 1.00 bits per heavy atom. The summed E-state index contributed by atoms with van der Waals surface area (Å²) in [6, 6.07) is 0. The Bertz CT molecular complexity index is 601. The van der Waals surface area contributed by atoms with Crippen LogP contribution in [0.25, 0.3) is 0 Å². The summed E-state index contributed by atoms with van der Waals surface area (Å²) in [7, 11) is 0. The number of piperazine rings is 1. The molecule has 4 rings (SSSR count). The van der Waals surface area contributed by atoms with E-state index in [9.17, 15) is 15.0 Å². The number of aliphatic hydroxyl groups excluding tert-OH is 2. The van der Waals surface area contributed by atoms with Crippen LogP contribution in [0.15, 0.2) is 0 Å². The Labute approximate surface area is 197 Å². The van der Waals surface area contributed by atoms with Crippen molar-refractivity contribution in [2.45, 2.75) is 87.3 Å². The zero-order chi connectivity index (χ0) is 22.5. The third-order valence-corrected chi connectivity index (χ3v) is 8.38. The predicted octanol–water partition coefficient (Wildman–Crippen LogP) is -1.56. The van der Waals surface area contributed by atoms with E-state index in [0.29, 0.717) is 18.6 Å². The summed E-state index contributed by atoms with van der Waals surface area (Å²) in [5.41, 5.74) is 0. The van der Waals surface area contributed by atoms with E-state index in [4.69, 9.17) is 16.3 Å². The number of ether oxygens (including phenoxy) is 1. The Balaban J connectivity index is 1.17. The van der Waals surface area contributed by atoms with Gasteiger partial charge in [0.25, 0.3) is 0 Å². The normalized spacial score (nSPS) is 39.3. The van der Waals surface area contributed by atoms with Gasteiger partial charge >= 0.3 is 0 Å². The fraction of sp³-hybridized carbons (Fsp3) is 0.957. The minimum atomic E-state index is -1.00. The van der Waals surface area contributed by atoms with Gasteiger partial charge < -0.3 is 30.5 Å². The first-order valence-electron chi connectivity index (χ1n) is 12.8. The van der Waals surface area contributed by atoms with Crippen LogP contribution in [-0.2, 0) is 9.53 Å². The summed E-state index contributed by atoms with van der Waals surface area (Å²) in [6.45, 7) is 6.05. The van der Waals surface area contributed by atoms with Crippen LogP contribution in [0, 0.1) is 5.92 Å². The fourth-order valence-electron chi connectivity index (χ4n) is 5.99. The number of rotatable bonds is 7. The average Bonchev–Trinajstić information content (AvgIpc) is 3.07. The van der Waals surface area contributed by atoms with E-state index < -0.39 is 24.4 Å². The van der Waals surface area contributed by atoms with E-state index in [2.05, 4.69) is 15.5 Å². The molecule has 6 N–H and O–H groups in total. The average molecular weight is 475 g/mol. The number of carbonyl (C=O) groups excluding carboxylic acids is 1. The van der Waals surface area contributed by atoms with Crippen LogP contribution < -0.4 is 10.6 Å². The predicted molar refractivity (Wildman–Crippen MR) is 121 cm³/mol. The first-order valence-corrected chi connectivity index (χ1v) is 13.3. The maximum absolute atomic E-state index is 12.9. The first-order chi connectivity index (χ1) is 15.5. The highest BCUT2D eigenvalue weighted by Gasteiger charge is 2.45. The van der Waals surface area contributed by atoms with Gasteiger partial charge in [-0.1, -0.05) is 6.42 Å². The minimum absolute atomic E-state index is 0.0218. The van der Waals surface area contributed by atoms with Crippen molar-refractivity contribution in [2.75, 3.05) is 45.8 Å². The van der Waals surface area contributed by atoms with Gasteiger partial charge in [0.05, 0.1) is 25.6 Å². The van der Waals surface area contributed by atoms with E-state index in [0.717, 1.165) is 45.6 Å². The molecule has 0 aromatic carbocycles. The van der Waals surface area contributed by atoms with Crippen LogP contribution >= 0.6 is 11.6 Å². The molecular weight excluding hydrogens is 432 g/mol. The number of halogens is 1. The van der Waals surface area contributed by atoms with Crippen molar-refractivity contribution in [3.8, 4) is 0 Å².